The fourth-order valence-corrected chi connectivity index (χ4v) is 8.53. The molecule has 10 aromatic carbocycles. The highest BCUT2D eigenvalue weighted by Gasteiger charge is 2.23. The second kappa shape index (κ2) is 14.1. The van der Waals surface area contributed by atoms with Gasteiger partial charge in [0.25, 0.3) is 0 Å². The average Bonchev–Trinajstić information content (AvgIpc) is 3.69. The second-order valence-corrected chi connectivity index (χ2v) is 14.9. The van der Waals surface area contributed by atoms with Crippen LogP contribution >= 0.6 is 0 Å². The van der Waals surface area contributed by atoms with Gasteiger partial charge in [-0.15, -0.1) is 0 Å². The summed E-state index contributed by atoms with van der Waals surface area (Å²) in [6.45, 7) is 0. The molecule has 0 saturated heterocycles. The van der Waals surface area contributed by atoms with Gasteiger partial charge in [0.2, 0.25) is 0 Å². The molecule has 11 aromatic rings. The van der Waals surface area contributed by atoms with Gasteiger partial charge in [-0.2, -0.15) is 0 Å². The van der Waals surface area contributed by atoms with Gasteiger partial charge in [0.1, 0.15) is 11.2 Å². The average molecular weight is 740 g/mol. The summed E-state index contributed by atoms with van der Waals surface area (Å²) in [6.07, 6.45) is 0. The first-order valence-electron chi connectivity index (χ1n) is 19.8. The summed E-state index contributed by atoms with van der Waals surface area (Å²) >= 11 is 0. The maximum absolute atomic E-state index is 6.49. The van der Waals surface area contributed by atoms with Crippen LogP contribution in [0.5, 0.6) is 0 Å². The van der Waals surface area contributed by atoms with E-state index in [9.17, 15) is 0 Å². The van der Waals surface area contributed by atoms with Crippen LogP contribution in [0.4, 0.5) is 17.1 Å². The van der Waals surface area contributed by atoms with Crippen LogP contribution in [0.3, 0.4) is 0 Å². The van der Waals surface area contributed by atoms with E-state index in [0.717, 1.165) is 61.3 Å². The molecule has 0 amide bonds. The zero-order valence-electron chi connectivity index (χ0n) is 31.7. The first kappa shape index (κ1) is 33.6. The van der Waals surface area contributed by atoms with Crippen molar-refractivity contribution in [3.63, 3.8) is 0 Å². The predicted molar refractivity (Wildman–Crippen MR) is 245 cm³/mol. The molecule has 0 radical (unpaired) electrons. The van der Waals surface area contributed by atoms with Gasteiger partial charge in [-0.05, 0) is 115 Å². The Balaban J connectivity index is 1.10. The minimum Gasteiger partial charge on any atom is -0.456 e. The van der Waals surface area contributed by atoms with Crippen LogP contribution in [0.15, 0.2) is 229 Å². The predicted octanol–water partition coefficient (Wildman–Crippen LogP) is 16.0. The molecule has 0 aliphatic heterocycles. The molecule has 0 aliphatic rings. The number of fused-ring (bicyclic) bond motifs is 5. The van der Waals surface area contributed by atoms with E-state index in [1.165, 1.54) is 43.8 Å². The molecule has 0 aliphatic carbocycles. The normalized spacial score (nSPS) is 11.4. The van der Waals surface area contributed by atoms with Crippen LogP contribution in [0, 0.1) is 0 Å². The van der Waals surface area contributed by atoms with Gasteiger partial charge in [-0.3, -0.25) is 0 Å². The molecule has 2 heteroatoms. The van der Waals surface area contributed by atoms with E-state index in [1.54, 1.807) is 0 Å². The Morgan fingerprint density at radius 3 is 1.53 bits per heavy atom. The first-order valence-corrected chi connectivity index (χ1v) is 19.8. The highest BCUT2D eigenvalue weighted by molar-refractivity contribution is 6.14. The van der Waals surface area contributed by atoms with Crippen molar-refractivity contribution in [3.05, 3.63) is 224 Å². The number of furan rings is 1. The van der Waals surface area contributed by atoms with E-state index >= 15 is 0 Å². The fraction of sp³-hybridized carbons (Fsp3) is 0. The minimum absolute atomic E-state index is 0.859. The van der Waals surface area contributed by atoms with Gasteiger partial charge in [0.15, 0.2) is 0 Å². The molecule has 0 fully saturated rings. The smallest absolute Gasteiger partial charge is 0.137 e. The van der Waals surface area contributed by atoms with E-state index in [1.807, 2.05) is 6.07 Å². The molecule has 0 bridgehead atoms. The summed E-state index contributed by atoms with van der Waals surface area (Å²) in [7, 11) is 0. The standard InChI is InChI=1S/C56H37NO/c1-2-14-41(15-3-1)50-33-30-48(47-27-25-39-13-5-7-17-43(39)36-47)37-53(50)57(52-21-11-23-55-56(52)51-20-8-9-22-54(51)58-55)49-31-28-40(29-32-49)44-18-10-19-45(34-44)46-26-24-38-12-4-6-16-42(38)35-46/h1-37H. The Kier molecular flexibility index (Phi) is 8.19. The topological polar surface area (TPSA) is 16.4 Å². The number of hydrogen-bond acceptors (Lipinski definition) is 2. The van der Waals surface area contributed by atoms with Crippen molar-refractivity contribution >= 4 is 60.5 Å². The molecule has 2 nitrogen and oxygen atoms in total. The highest BCUT2D eigenvalue weighted by Crippen LogP contribution is 2.47. The molecule has 58 heavy (non-hydrogen) atoms. The van der Waals surface area contributed by atoms with E-state index in [2.05, 4.69) is 223 Å². The van der Waals surface area contributed by atoms with Gasteiger partial charge in [-0.25, -0.2) is 0 Å². The largest absolute Gasteiger partial charge is 0.456 e. The third-order valence-electron chi connectivity index (χ3n) is 11.4. The van der Waals surface area contributed by atoms with Crippen LogP contribution < -0.4 is 4.90 Å². The molecule has 0 unspecified atom stereocenters. The van der Waals surface area contributed by atoms with Gasteiger partial charge in [0, 0.05) is 16.6 Å². The van der Waals surface area contributed by atoms with Crippen LogP contribution in [0.1, 0.15) is 0 Å². The van der Waals surface area contributed by atoms with Crippen molar-refractivity contribution in [2.75, 3.05) is 4.90 Å². The number of rotatable bonds is 7. The molecule has 11 rings (SSSR count). The van der Waals surface area contributed by atoms with Crippen molar-refractivity contribution < 1.29 is 4.42 Å². The van der Waals surface area contributed by atoms with Crippen molar-refractivity contribution in [2.24, 2.45) is 0 Å². The van der Waals surface area contributed by atoms with Crippen molar-refractivity contribution in [3.8, 4) is 44.5 Å². The van der Waals surface area contributed by atoms with Gasteiger partial charge in [-0.1, -0.05) is 170 Å². The van der Waals surface area contributed by atoms with E-state index in [-0.39, 0.29) is 0 Å². The van der Waals surface area contributed by atoms with Crippen LogP contribution in [-0.4, -0.2) is 0 Å². The Morgan fingerprint density at radius 1 is 0.293 bits per heavy atom. The molecule has 0 spiro atoms. The van der Waals surface area contributed by atoms with E-state index in [4.69, 9.17) is 4.42 Å². The van der Waals surface area contributed by atoms with Gasteiger partial charge >= 0.3 is 0 Å². The van der Waals surface area contributed by atoms with E-state index in [0.29, 0.717) is 0 Å². The Morgan fingerprint density at radius 2 is 0.810 bits per heavy atom. The van der Waals surface area contributed by atoms with Crippen LogP contribution in [0.2, 0.25) is 0 Å². The summed E-state index contributed by atoms with van der Waals surface area (Å²) in [5.41, 5.74) is 14.3. The lowest BCUT2D eigenvalue weighted by Gasteiger charge is -2.29. The Labute approximate surface area is 337 Å². The van der Waals surface area contributed by atoms with Gasteiger partial charge < -0.3 is 9.32 Å². The summed E-state index contributed by atoms with van der Waals surface area (Å²) in [5.74, 6) is 0. The third-order valence-corrected chi connectivity index (χ3v) is 11.4. The van der Waals surface area contributed by atoms with Crippen LogP contribution in [0.25, 0.3) is 88.0 Å². The maximum atomic E-state index is 6.49. The number of nitrogens with zero attached hydrogens (tertiary/aromatic N) is 1. The number of para-hydroxylation sites is 1. The lowest BCUT2D eigenvalue weighted by Crippen LogP contribution is -2.12. The quantitative estimate of drug-likeness (QED) is 0.162. The van der Waals surface area contributed by atoms with Crippen LogP contribution in [-0.2, 0) is 0 Å². The zero-order valence-corrected chi connectivity index (χ0v) is 31.7. The monoisotopic (exact) mass is 739 g/mol. The van der Waals surface area contributed by atoms with Gasteiger partial charge in [0.05, 0.1) is 16.8 Å². The third kappa shape index (κ3) is 6.00. The Bertz CT molecular complexity index is 3290. The van der Waals surface area contributed by atoms with Crippen molar-refractivity contribution in [2.45, 2.75) is 0 Å². The molecule has 1 heterocycles. The summed E-state index contributed by atoms with van der Waals surface area (Å²) in [5, 5.41) is 7.12. The SMILES string of the molecule is c1ccc(-c2ccc(-c3ccc4ccccc4c3)cc2N(c2ccc(-c3cccc(-c4ccc5ccccc5c4)c3)cc2)c2cccc3oc4ccccc4c23)cc1. The van der Waals surface area contributed by atoms with Crippen molar-refractivity contribution in [1.29, 1.82) is 0 Å². The first-order chi connectivity index (χ1) is 28.7. The summed E-state index contributed by atoms with van der Waals surface area (Å²) < 4.78 is 6.49. The molecule has 0 N–H and O–H groups in total. The molecule has 1 aromatic heterocycles. The molecular formula is C56H37NO. The molecule has 272 valence electrons. The lowest BCUT2D eigenvalue weighted by molar-refractivity contribution is 0.669. The lowest BCUT2D eigenvalue weighted by atomic mass is 9.95. The molecular weight excluding hydrogens is 703 g/mol. The number of anilines is 3. The molecule has 0 saturated carbocycles. The summed E-state index contributed by atoms with van der Waals surface area (Å²) in [4.78, 5) is 2.42. The Hall–Kier alpha value is -7.68. The maximum Gasteiger partial charge on any atom is 0.137 e. The number of benzene rings is 10. The highest BCUT2D eigenvalue weighted by atomic mass is 16.3. The summed E-state index contributed by atoms with van der Waals surface area (Å²) in [6, 6.07) is 80.8. The second-order valence-electron chi connectivity index (χ2n) is 14.9. The van der Waals surface area contributed by atoms with E-state index < -0.39 is 0 Å². The van der Waals surface area contributed by atoms with Crippen molar-refractivity contribution in [1.82, 2.24) is 0 Å². The minimum atomic E-state index is 0.859. The molecule has 0 atom stereocenters. The number of hydrogen-bond donors (Lipinski definition) is 0. The fourth-order valence-electron chi connectivity index (χ4n) is 8.53. The zero-order chi connectivity index (χ0) is 38.4.